The van der Waals surface area contributed by atoms with Crippen molar-refractivity contribution in [2.24, 2.45) is 0 Å². The van der Waals surface area contributed by atoms with Gasteiger partial charge in [0.15, 0.2) is 0 Å². The monoisotopic (exact) mass is 360 g/mol. The lowest BCUT2D eigenvalue weighted by Gasteiger charge is -2.12. The summed E-state index contributed by atoms with van der Waals surface area (Å²) in [4.78, 5) is 23.2. The van der Waals surface area contributed by atoms with E-state index in [0.29, 0.717) is 6.07 Å². The van der Waals surface area contributed by atoms with Gasteiger partial charge in [-0.15, -0.1) is 0 Å². The molecule has 0 aromatic heterocycles. The fourth-order valence-electron chi connectivity index (χ4n) is 1.96. The van der Waals surface area contributed by atoms with Crippen molar-refractivity contribution in [3.8, 4) is 0 Å². The Labute approximate surface area is 137 Å². The molecule has 2 amide bonds. The van der Waals surface area contributed by atoms with Gasteiger partial charge in [0, 0.05) is 5.69 Å². The first-order chi connectivity index (χ1) is 11.6. The minimum atomic E-state index is -4.98. The van der Waals surface area contributed by atoms with Gasteiger partial charge >= 0.3 is 6.18 Å². The minimum absolute atomic E-state index is 0.193. The highest BCUT2D eigenvalue weighted by atomic mass is 19.4. The summed E-state index contributed by atoms with van der Waals surface area (Å²) in [6.07, 6.45) is -4.98. The number of carbonyl (C=O) groups excluding carboxylic acids is 2. The van der Waals surface area contributed by atoms with E-state index in [1.807, 2.05) is 5.32 Å². The predicted octanol–water partition coefficient (Wildman–Crippen LogP) is 3.35. The Morgan fingerprint density at radius 2 is 1.64 bits per heavy atom. The molecule has 10 heteroatoms. The van der Waals surface area contributed by atoms with Crippen LogP contribution in [0.25, 0.3) is 0 Å². The summed E-state index contributed by atoms with van der Waals surface area (Å²) in [6, 6.07) is 4.79. The van der Waals surface area contributed by atoms with E-state index in [9.17, 15) is 31.5 Å². The van der Waals surface area contributed by atoms with Gasteiger partial charge in [-0.05, 0) is 30.3 Å². The van der Waals surface area contributed by atoms with Crippen LogP contribution < -0.4 is 10.8 Å². The fraction of sp³-hybridized carbons (Fsp3) is 0.0667. The zero-order valence-electron chi connectivity index (χ0n) is 12.1. The van der Waals surface area contributed by atoms with Crippen molar-refractivity contribution in [2.45, 2.75) is 6.18 Å². The molecular formula is C15H9F5N2O3. The van der Waals surface area contributed by atoms with Crippen LogP contribution in [0.2, 0.25) is 0 Å². The van der Waals surface area contributed by atoms with E-state index in [0.717, 1.165) is 30.3 Å². The Bertz CT molecular complexity index is 836. The average molecular weight is 360 g/mol. The van der Waals surface area contributed by atoms with Gasteiger partial charge in [-0.1, -0.05) is 6.07 Å². The molecule has 132 valence electrons. The molecule has 0 unspecified atom stereocenters. The lowest BCUT2D eigenvalue weighted by atomic mass is 10.1. The van der Waals surface area contributed by atoms with Gasteiger partial charge in [-0.2, -0.15) is 13.2 Å². The zero-order chi connectivity index (χ0) is 18.8. The van der Waals surface area contributed by atoms with Crippen molar-refractivity contribution < 1.29 is 36.7 Å². The normalized spacial score (nSPS) is 11.1. The number of hydrogen-bond donors (Lipinski definition) is 3. The number of alkyl halides is 3. The van der Waals surface area contributed by atoms with Crippen LogP contribution in [-0.2, 0) is 6.18 Å². The Morgan fingerprint density at radius 3 is 2.24 bits per heavy atom. The van der Waals surface area contributed by atoms with Gasteiger partial charge in [0.2, 0.25) is 0 Å². The lowest BCUT2D eigenvalue weighted by molar-refractivity contribution is -0.140. The average Bonchev–Trinajstić information content (AvgIpc) is 2.54. The van der Waals surface area contributed by atoms with Crippen LogP contribution >= 0.6 is 0 Å². The molecule has 0 atom stereocenters. The number of rotatable bonds is 3. The van der Waals surface area contributed by atoms with Gasteiger partial charge in [0.25, 0.3) is 11.8 Å². The van der Waals surface area contributed by atoms with Crippen LogP contribution in [0.3, 0.4) is 0 Å². The number of benzene rings is 2. The highest BCUT2D eigenvalue weighted by molar-refractivity contribution is 6.05. The lowest BCUT2D eigenvalue weighted by Crippen LogP contribution is -2.21. The topological polar surface area (TPSA) is 78.4 Å². The third kappa shape index (κ3) is 3.91. The van der Waals surface area contributed by atoms with Gasteiger partial charge in [-0.3, -0.25) is 14.8 Å². The molecule has 3 N–H and O–H groups in total. The van der Waals surface area contributed by atoms with Crippen LogP contribution in [0.15, 0.2) is 36.4 Å². The number of hydroxylamine groups is 1. The second kappa shape index (κ2) is 6.85. The summed E-state index contributed by atoms with van der Waals surface area (Å²) in [5, 5.41) is 10.5. The molecule has 2 aromatic rings. The highest BCUT2D eigenvalue weighted by Gasteiger charge is 2.35. The number of amides is 2. The van der Waals surface area contributed by atoms with Gasteiger partial charge in [-0.25, -0.2) is 14.3 Å². The molecule has 0 aliphatic rings. The minimum Gasteiger partial charge on any atom is -0.322 e. The molecule has 0 heterocycles. The molecule has 5 nitrogen and oxygen atoms in total. The van der Waals surface area contributed by atoms with Crippen LogP contribution in [0.5, 0.6) is 0 Å². The molecule has 25 heavy (non-hydrogen) atoms. The molecule has 2 aromatic carbocycles. The largest absolute Gasteiger partial charge is 0.419 e. The van der Waals surface area contributed by atoms with Crippen LogP contribution in [-0.4, -0.2) is 17.0 Å². The fourth-order valence-corrected chi connectivity index (χ4v) is 1.96. The first-order valence-electron chi connectivity index (χ1n) is 6.56. The van der Waals surface area contributed by atoms with Crippen molar-refractivity contribution in [1.29, 1.82) is 0 Å². The van der Waals surface area contributed by atoms with E-state index in [2.05, 4.69) is 0 Å². The molecule has 0 aliphatic heterocycles. The maximum absolute atomic E-state index is 13.9. The van der Waals surface area contributed by atoms with Crippen molar-refractivity contribution in [3.05, 3.63) is 64.7 Å². The number of carbonyl (C=O) groups is 2. The molecule has 0 radical (unpaired) electrons. The first kappa shape index (κ1) is 18.3. The smallest absolute Gasteiger partial charge is 0.322 e. The summed E-state index contributed by atoms with van der Waals surface area (Å²) < 4.78 is 65.3. The molecule has 0 saturated heterocycles. The van der Waals surface area contributed by atoms with E-state index in [1.165, 1.54) is 5.48 Å². The Morgan fingerprint density at radius 1 is 0.960 bits per heavy atom. The molecule has 2 rings (SSSR count). The summed E-state index contributed by atoms with van der Waals surface area (Å²) in [6.45, 7) is 0. The van der Waals surface area contributed by atoms with Crippen molar-refractivity contribution in [2.75, 3.05) is 5.32 Å². The van der Waals surface area contributed by atoms with Crippen LogP contribution in [0, 0.1) is 11.6 Å². The maximum atomic E-state index is 13.9. The highest BCUT2D eigenvalue weighted by Crippen LogP contribution is 2.32. The summed E-state index contributed by atoms with van der Waals surface area (Å²) >= 11 is 0. The number of nitrogens with one attached hydrogen (secondary N) is 2. The second-order valence-electron chi connectivity index (χ2n) is 4.75. The van der Waals surface area contributed by atoms with E-state index in [1.54, 1.807) is 0 Å². The van der Waals surface area contributed by atoms with Crippen LogP contribution in [0.1, 0.15) is 26.3 Å². The number of hydrogen-bond acceptors (Lipinski definition) is 3. The number of halogens is 5. The maximum Gasteiger partial charge on any atom is 0.419 e. The molecule has 0 bridgehead atoms. The molecular weight excluding hydrogens is 351 g/mol. The number of anilines is 1. The van der Waals surface area contributed by atoms with Crippen molar-refractivity contribution in [1.82, 2.24) is 5.48 Å². The molecule has 0 spiro atoms. The van der Waals surface area contributed by atoms with Crippen LogP contribution in [0.4, 0.5) is 27.6 Å². The van der Waals surface area contributed by atoms with Gasteiger partial charge in [0.1, 0.15) is 11.6 Å². The SMILES string of the molecule is O=C(NO)c1cc(NC(=O)c2cccc(C(F)(F)F)c2F)ccc1F. The quantitative estimate of drug-likeness (QED) is 0.446. The Hall–Kier alpha value is -3.01. The standard InChI is InChI=1S/C15H9F5N2O3/c16-11-5-4-7(6-9(11)14(24)22-25)21-13(23)8-2-1-3-10(12(8)17)15(18,19)20/h1-6,25H,(H,21,23)(H,22,24). The molecule has 0 aliphatic carbocycles. The summed E-state index contributed by atoms with van der Waals surface area (Å²) in [5.41, 5.74) is -2.13. The molecule has 0 saturated carbocycles. The predicted molar refractivity (Wildman–Crippen MR) is 75.0 cm³/mol. The summed E-state index contributed by atoms with van der Waals surface area (Å²) in [5.74, 6) is -5.22. The van der Waals surface area contributed by atoms with E-state index in [4.69, 9.17) is 5.21 Å². The van der Waals surface area contributed by atoms with Gasteiger partial charge in [0.05, 0.1) is 16.7 Å². The van der Waals surface area contributed by atoms with Crippen molar-refractivity contribution in [3.63, 3.8) is 0 Å². The van der Waals surface area contributed by atoms with Crippen molar-refractivity contribution >= 4 is 17.5 Å². The zero-order valence-corrected chi connectivity index (χ0v) is 12.1. The van der Waals surface area contributed by atoms with E-state index < -0.39 is 46.3 Å². The first-order valence-corrected chi connectivity index (χ1v) is 6.56. The third-order valence-electron chi connectivity index (χ3n) is 3.12. The third-order valence-corrected chi connectivity index (χ3v) is 3.12. The summed E-state index contributed by atoms with van der Waals surface area (Å²) in [7, 11) is 0. The van der Waals surface area contributed by atoms with E-state index in [-0.39, 0.29) is 5.69 Å². The Balaban J connectivity index is 2.34. The van der Waals surface area contributed by atoms with E-state index >= 15 is 0 Å². The molecule has 0 fully saturated rings. The Kier molecular flexibility index (Phi) is 5.02. The van der Waals surface area contributed by atoms with Gasteiger partial charge < -0.3 is 5.32 Å². The second-order valence-corrected chi connectivity index (χ2v) is 4.75.